The van der Waals surface area contributed by atoms with Crippen molar-refractivity contribution in [3.63, 3.8) is 0 Å². The Hall–Kier alpha value is -4.08. The number of aromatic nitrogens is 2. The number of aryl methyl sites for hydroxylation is 1. The number of furan rings is 1. The normalized spacial score (nSPS) is 15.6. The van der Waals surface area contributed by atoms with E-state index < -0.39 is 21.8 Å². The molecule has 0 unspecified atom stereocenters. The number of benzene rings is 1. The fraction of sp³-hybridized carbons (Fsp3) is 0.174. The Kier molecular flexibility index (Phi) is 6.38. The lowest BCUT2D eigenvalue weighted by atomic mass is 9.95. The molecule has 3 heterocycles. The summed E-state index contributed by atoms with van der Waals surface area (Å²) in [5.41, 5.74) is 0.974. The molecule has 0 radical (unpaired) electrons. The molecule has 0 spiro atoms. The van der Waals surface area contributed by atoms with Crippen molar-refractivity contribution in [3.8, 4) is 17.4 Å². The van der Waals surface area contributed by atoms with Crippen molar-refractivity contribution in [1.29, 1.82) is 5.26 Å². The lowest BCUT2D eigenvalue weighted by molar-refractivity contribution is -0.138. The van der Waals surface area contributed by atoms with Crippen molar-refractivity contribution in [2.24, 2.45) is 0 Å². The van der Waals surface area contributed by atoms with Gasteiger partial charge in [0.2, 0.25) is 5.13 Å². The van der Waals surface area contributed by atoms with E-state index in [-0.39, 0.29) is 26.7 Å². The van der Waals surface area contributed by atoms with E-state index in [1.54, 1.807) is 24.3 Å². The zero-order valence-corrected chi connectivity index (χ0v) is 20.5. The smallest absolute Gasteiger partial charge is 0.271 e. The molecule has 0 saturated heterocycles. The summed E-state index contributed by atoms with van der Waals surface area (Å²) in [7, 11) is -2.52. The van der Waals surface area contributed by atoms with Crippen LogP contribution in [-0.4, -0.2) is 42.4 Å². The van der Waals surface area contributed by atoms with Gasteiger partial charge in [-0.3, -0.25) is 19.2 Å². The Labute approximate surface area is 205 Å². The van der Waals surface area contributed by atoms with Gasteiger partial charge < -0.3 is 4.42 Å². The van der Waals surface area contributed by atoms with Crippen LogP contribution >= 0.6 is 11.3 Å². The third-order valence-electron chi connectivity index (χ3n) is 5.30. The van der Waals surface area contributed by atoms with Crippen LogP contribution in [0.15, 0.2) is 62.4 Å². The molecule has 2 amide bonds. The summed E-state index contributed by atoms with van der Waals surface area (Å²) < 4.78 is 33.5. The summed E-state index contributed by atoms with van der Waals surface area (Å²) in [5.74, 6) is -0.397. The molecule has 1 aliphatic heterocycles. The minimum absolute atomic E-state index is 0.0497. The number of sulfonamides is 1. The molecule has 0 saturated carbocycles. The Morgan fingerprint density at radius 2 is 1.86 bits per heavy atom. The van der Waals surface area contributed by atoms with Gasteiger partial charge in [0.1, 0.15) is 28.2 Å². The molecule has 0 fully saturated rings. The van der Waals surface area contributed by atoms with Crippen LogP contribution in [0, 0.1) is 11.3 Å². The standard InChI is InChI=1S/C23H19N5O5S2/c1-4-20-25-26-23(34-20)27-35(31,32)16-8-5-14(6-9-16)19-10-7-15(33-19)11-17-13(2)18(12-24)22(30)28(3)21(17)29/h5-11H,4H2,1-3H3,(H,26,27)/b17-11+. The van der Waals surface area contributed by atoms with E-state index in [0.717, 1.165) is 9.91 Å². The summed E-state index contributed by atoms with van der Waals surface area (Å²) in [4.78, 5) is 25.6. The number of hydrogen-bond donors (Lipinski definition) is 1. The van der Waals surface area contributed by atoms with Crippen molar-refractivity contribution < 1.29 is 22.4 Å². The number of anilines is 1. The fourth-order valence-electron chi connectivity index (χ4n) is 3.34. The molecular formula is C23H19N5O5S2. The van der Waals surface area contributed by atoms with Crippen LogP contribution in [0.5, 0.6) is 0 Å². The van der Waals surface area contributed by atoms with Crippen LogP contribution in [0.1, 0.15) is 24.6 Å². The quantitative estimate of drug-likeness (QED) is 0.393. The lowest BCUT2D eigenvalue weighted by Crippen LogP contribution is -2.39. The average Bonchev–Trinajstić information content (AvgIpc) is 3.50. The SMILES string of the molecule is CCc1nnc(NS(=O)(=O)c2ccc(-c3ccc(/C=C4/C(=O)N(C)C(=O)C(C#N)=C4C)o3)cc2)s1. The first-order valence-corrected chi connectivity index (χ1v) is 12.7. The van der Waals surface area contributed by atoms with E-state index in [4.69, 9.17) is 4.42 Å². The molecule has 0 atom stereocenters. The van der Waals surface area contributed by atoms with Crippen LogP contribution in [0.3, 0.4) is 0 Å². The van der Waals surface area contributed by atoms with Gasteiger partial charge >= 0.3 is 0 Å². The molecule has 1 aliphatic rings. The monoisotopic (exact) mass is 509 g/mol. The topological polar surface area (TPSA) is 146 Å². The van der Waals surface area contributed by atoms with Gasteiger partial charge in [0.15, 0.2) is 0 Å². The number of carbonyl (C=O) groups is 2. The number of nitrogens with one attached hydrogen (secondary N) is 1. The highest BCUT2D eigenvalue weighted by Gasteiger charge is 2.33. The molecule has 3 aromatic rings. The largest absolute Gasteiger partial charge is 0.457 e. The van der Waals surface area contributed by atoms with E-state index >= 15 is 0 Å². The van der Waals surface area contributed by atoms with Gasteiger partial charge in [-0.1, -0.05) is 18.3 Å². The van der Waals surface area contributed by atoms with Crippen LogP contribution in [0.2, 0.25) is 0 Å². The molecule has 2 aromatic heterocycles. The second-order valence-corrected chi connectivity index (χ2v) is 10.3. The van der Waals surface area contributed by atoms with Gasteiger partial charge in [0.25, 0.3) is 21.8 Å². The Bertz CT molecular complexity index is 1540. The van der Waals surface area contributed by atoms with Crippen molar-refractivity contribution in [2.45, 2.75) is 25.2 Å². The molecule has 178 valence electrons. The van der Waals surface area contributed by atoms with Crippen LogP contribution < -0.4 is 4.72 Å². The molecule has 35 heavy (non-hydrogen) atoms. The Morgan fingerprint density at radius 3 is 2.49 bits per heavy atom. The lowest BCUT2D eigenvalue weighted by Gasteiger charge is -2.23. The third-order valence-corrected chi connectivity index (χ3v) is 7.76. The maximum absolute atomic E-state index is 12.6. The number of nitriles is 1. The van der Waals surface area contributed by atoms with E-state index in [0.29, 0.717) is 23.5 Å². The van der Waals surface area contributed by atoms with E-state index in [1.807, 2.05) is 13.0 Å². The molecule has 4 rings (SSSR count). The zero-order chi connectivity index (χ0) is 25.3. The van der Waals surface area contributed by atoms with E-state index in [1.165, 1.54) is 43.5 Å². The second kappa shape index (κ2) is 9.28. The van der Waals surface area contributed by atoms with Gasteiger partial charge in [0.05, 0.1) is 4.90 Å². The van der Waals surface area contributed by atoms with Gasteiger partial charge in [-0.25, -0.2) is 8.42 Å². The van der Waals surface area contributed by atoms with Gasteiger partial charge in [-0.05, 0) is 61.4 Å². The first kappa shape index (κ1) is 24.1. The number of carbonyl (C=O) groups excluding carboxylic acids is 2. The minimum Gasteiger partial charge on any atom is -0.457 e. The molecule has 10 nitrogen and oxygen atoms in total. The van der Waals surface area contributed by atoms with E-state index in [2.05, 4.69) is 14.9 Å². The fourth-order valence-corrected chi connectivity index (χ4v) is 5.25. The van der Waals surface area contributed by atoms with Crippen LogP contribution in [-0.2, 0) is 26.0 Å². The highest BCUT2D eigenvalue weighted by molar-refractivity contribution is 7.93. The molecule has 0 bridgehead atoms. The number of likely N-dealkylation sites (N-methyl/N-ethyl adjacent to an activating group) is 1. The summed E-state index contributed by atoms with van der Waals surface area (Å²) in [6.45, 7) is 3.44. The number of hydrogen-bond acceptors (Lipinski definition) is 9. The second-order valence-electron chi connectivity index (χ2n) is 7.53. The van der Waals surface area contributed by atoms with Gasteiger partial charge in [-0.15, -0.1) is 10.2 Å². The van der Waals surface area contributed by atoms with Crippen molar-refractivity contribution in [3.05, 3.63) is 63.9 Å². The summed E-state index contributed by atoms with van der Waals surface area (Å²) in [6, 6.07) is 11.2. The Morgan fingerprint density at radius 1 is 1.14 bits per heavy atom. The average molecular weight is 510 g/mol. The summed E-state index contributed by atoms with van der Waals surface area (Å²) in [6.07, 6.45) is 2.13. The zero-order valence-electron chi connectivity index (χ0n) is 18.9. The maximum atomic E-state index is 12.6. The minimum atomic E-state index is -3.83. The highest BCUT2D eigenvalue weighted by Crippen LogP contribution is 2.29. The highest BCUT2D eigenvalue weighted by atomic mass is 32.2. The van der Waals surface area contributed by atoms with E-state index in [9.17, 15) is 23.3 Å². The van der Waals surface area contributed by atoms with Gasteiger partial charge in [-0.2, -0.15) is 5.26 Å². The predicted molar refractivity (Wildman–Crippen MR) is 128 cm³/mol. The van der Waals surface area contributed by atoms with Crippen molar-refractivity contribution in [2.75, 3.05) is 11.8 Å². The number of nitrogens with zero attached hydrogens (tertiary/aromatic N) is 4. The van der Waals surface area contributed by atoms with Crippen LogP contribution in [0.25, 0.3) is 17.4 Å². The number of rotatable bonds is 6. The molecular weight excluding hydrogens is 490 g/mol. The van der Waals surface area contributed by atoms with Crippen molar-refractivity contribution in [1.82, 2.24) is 15.1 Å². The van der Waals surface area contributed by atoms with Crippen LogP contribution in [0.4, 0.5) is 5.13 Å². The summed E-state index contributed by atoms with van der Waals surface area (Å²) >= 11 is 1.17. The summed E-state index contributed by atoms with van der Waals surface area (Å²) in [5, 5.41) is 17.9. The van der Waals surface area contributed by atoms with Gasteiger partial charge in [0, 0.05) is 18.2 Å². The van der Waals surface area contributed by atoms with Crippen molar-refractivity contribution >= 4 is 44.4 Å². The Balaban J connectivity index is 1.57. The molecule has 12 heteroatoms. The third kappa shape index (κ3) is 4.64. The molecule has 1 aromatic carbocycles. The first-order chi connectivity index (χ1) is 16.6. The number of amides is 2. The molecule has 1 N–H and O–H groups in total. The first-order valence-electron chi connectivity index (χ1n) is 10.4. The maximum Gasteiger partial charge on any atom is 0.271 e. The predicted octanol–water partition coefficient (Wildman–Crippen LogP) is 3.38. The molecule has 0 aliphatic carbocycles. The number of imide groups is 1.